The number of amides is 2. The summed E-state index contributed by atoms with van der Waals surface area (Å²) in [6.07, 6.45) is 0.702. The Morgan fingerprint density at radius 2 is 1.52 bits per heavy atom. The van der Waals surface area contributed by atoms with Crippen LogP contribution in [0.4, 0.5) is 0 Å². The second-order valence-electron chi connectivity index (χ2n) is 13.3. The van der Waals surface area contributed by atoms with E-state index in [1.807, 2.05) is 70.2 Å². The van der Waals surface area contributed by atoms with Crippen LogP contribution in [-0.4, -0.2) is 35.7 Å². The Bertz CT molecular complexity index is 1440. The van der Waals surface area contributed by atoms with E-state index in [0.717, 1.165) is 23.1 Å². The molecule has 2 N–H and O–H groups in total. The van der Waals surface area contributed by atoms with E-state index in [2.05, 4.69) is 54.0 Å². The predicted molar refractivity (Wildman–Crippen MR) is 172 cm³/mol. The molecule has 1 fully saturated rings. The van der Waals surface area contributed by atoms with Crippen molar-refractivity contribution in [1.82, 2.24) is 10.6 Å². The van der Waals surface area contributed by atoms with Crippen molar-refractivity contribution in [3.05, 3.63) is 95.6 Å². The standard InChI is InChI=1S/C37H46N2O5/c1-24-14-11-12-18-29(24)28-22-20-26(21-23-28)15-13-19-30(31-35(42)44-37(6,7)43-31)33(40)39-32(36(3,4)5)34(41)38-25(2)27-16-9-8-10-17-27/h8-12,14,16-18,20-23,25,30-32H,13,15,19H2,1-7H3,(H,38,41)(H,39,40)/t25-,30-,31+,32-/m1/s1. The van der Waals surface area contributed by atoms with Gasteiger partial charge in [-0.3, -0.25) is 9.59 Å². The van der Waals surface area contributed by atoms with Crippen LogP contribution in [0.1, 0.15) is 77.1 Å². The molecule has 3 aromatic rings. The number of hydrogen-bond donors (Lipinski definition) is 2. The summed E-state index contributed by atoms with van der Waals surface area (Å²) in [5, 5.41) is 6.03. The molecule has 0 saturated carbocycles. The minimum absolute atomic E-state index is 0.243. The van der Waals surface area contributed by atoms with E-state index >= 15 is 0 Å². The number of ether oxygens (including phenoxy) is 2. The lowest BCUT2D eigenvalue weighted by atomic mass is 9.84. The van der Waals surface area contributed by atoms with Gasteiger partial charge in [0.1, 0.15) is 6.04 Å². The number of carbonyl (C=O) groups is 3. The quantitative estimate of drug-likeness (QED) is 0.240. The number of aryl methyl sites for hydroxylation is 2. The zero-order valence-electron chi connectivity index (χ0n) is 27.0. The first-order chi connectivity index (χ1) is 20.7. The van der Waals surface area contributed by atoms with Gasteiger partial charge in [0, 0.05) is 13.8 Å². The number of nitrogens with one attached hydrogen (secondary N) is 2. The highest BCUT2D eigenvalue weighted by Crippen LogP contribution is 2.32. The lowest BCUT2D eigenvalue weighted by Gasteiger charge is -2.33. The number of benzene rings is 3. The van der Waals surface area contributed by atoms with Crippen LogP contribution in [0.2, 0.25) is 0 Å². The molecule has 0 unspecified atom stereocenters. The molecular formula is C37H46N2O5. The second kappa shape index (κ2) is 13.8. The zero-order valence-corrected chi connectivity index (χ0v) is 27.0. The molecule has 7 heteroatoms. The molecule has 3 aromatic carbocycles. The SMILES string of the molecule is Cc1ccccc1-c1ccc(CCC[C@@H](C(=O)N[C@H](C(=O)N[C@H](C)c2ccccc2)C(C)(C)C)[C@@H]2OC(C)(C)OC2=O)cc1. The topological polar surface area (TPSA) is 93.7 Å². The minimum Gasteiger partial charge on any atom is -0.432 e. The summed E-state index contributed by atoms with van der Waals surface area (Å²) in [7, 11) is 0. The van der Waals surface area contributed by atoms with Crippen LogP contribution in [0.3, 0.4) is 0 Å². The van der Waals surface area contributed by atoms with E-state index in [9.17, 15) is 14.4 Å². The summed E-state index contributed by atoms with van der Waals surface area (Å²) < 4.78 is 11.4. The van der Waals surface area contributed by atoms with Gasteiger partial charge in [-0.1, -0.05) is 99.6 Å². The Morgan fingerprint density at radius 3 is 2.11 bits per heavy atom. The number of cyclic esters (lactones) is 1. The van der Waals surface area contributed by atoms with Gasteiger partial charge < -0.3 is 20.1 Å². The summed E-state index contributed by atoms with van der Waals surface area (Å²) in [6.45, 7) is 13.1. The van der Waals surface area contributed by atoms with Crippen molar-refractivity contribution in [2.24, 2.45) is 11.3 Å². The number of esters is 1. The third kappa shape index (κ3) is 8.35. The highest BCUT2D eigenvalue weighted by Gasteiger charge is 2.48. The smallest absolute Gasteiger partial charge is 0.338 e. The Balaban J connectivity index is 1.47. The summed E-state index contributed by atoms with van der Waals surface area (Å²) in [6, 6.07) is 25.3. The molecule has 2 amide bonds. The number of carbonyl (C=O) groups excluding carboxylic acids is 3. The monoisotopic (exact) mass is 598 g/mol. The van der Waals surface area contributed by atoms with E-state index in [4.69, 9.17) is 9.47 Å². The molecule has 4 rings (SSSR count). The Kier molecular flexibility index (Phi) is 10.3. The van der Waals surface area contributed by atoms with Crippen LogP contribution < -0.4 is 10.6 Å². The van der Waals surface area contributed by atoms with Gasteiger partial charge in [-0.15, -0.1) is 0 Å². The fourth-order valence-corrected chi connectivity index (χ4v) is 5.66. The lowest BCUT2D eigenvalue weighted by Crippen LogP contribution is -2.56. The van der Waals surface area contributed by atoms with Gasteiger partial charge in [-0.2, -0.15) is 0 Å². The van der Waals surface area contributed by atoms with Crippen LogP contribution in [0.15, 0.2) is 78.9 Å². The van der Waals surface area contributed by atoms with E-state index in [0.29, 0.717) is 12.8 Å². The molecule has 1 aliphatic rings. The van der Waals surface area contributed by atoms with Gasteiger partial charge in [-0.05, 0) is 66.3 Å². The van der Waals surface area contributed by atoms with Crippen LogP contribution in [0.25, 0.3) is 11.1 Å². The fraction of sp³-hybridized carbons (Fsp3) is 0.432. The predicted octanol–water partition coefficient (Wildman–Crippen LogP) is 6.69. The van der Waals surface area contributed by atoms with Gasteiger partial charge in [-0.25, -0.2) is 4.79 Å². The molecular weight excluding hydrogens is 552 g/mol. The van der Waals surface area contributed by atoms with Gasteiger partial charge in [0.25, 0.3) is 0 Å². The van der Waals surface area contributed by atoms with E-state index < -0.39 is 41.1 Å². The van der Waals surface area contributed by atoms with Crippen LogP contribution in [0.5, 0.6) is 0 Å². The van der Waals surface area contributed by atoms with Crippen molar-refractivity contribution in [2.45, 2.75) is 91.7 Å². The first-order valence-corrected chi connectivity index (χ1v) is 15.5. The highest BCUT2D eigenvalue weighted by molar-refractivity contribution is 5.92. The minimum atomic E-state index is -1.13. The van der Waals surface area contributed by atoms with Gasteiger partial charge in [0.05, 0.1) is 12.0 Å². The Hall–Kier alpha value is -3.97. The summed E-state index contributed by atoms with van der Waals surface area (Å²) in [4.78, 5) is 40.3. The first-order valence-electron chi connectivity index (χ1n) is 15.5. The molecule has 1 saturated heterocycles. The van der Waals surface area contributed by atoms with E-state index in [1.165, 1.54) is 11.1 Å². The van der Waals surface area contributed by atoms with E-state index in [-0.39, 0.29) is 11.9 Å². The molecule has 0 aromatic heterocycles. The van der Waals surface area contributed by atoms with Crippen LogP contribution in [-0.2, 0) is 30.3 Å². The van der Waals surface area contributed by atoms with Crippen molar-refractivity contribution in [3.8, 4) is 11.1 Å². The molecule has 234 valence electrons. The molecule has 1 aliphatic heterocycles. The maximum absolute atomic E-state index is 13.9. The number of hydrogen-bond acceptors (Lipinski definition) is 5. The number of rotatable bonds is 11. The fourth-order valence-electron chi connectivity index (χ4n) is 5.66. The second-order valence-corrected chi connectivity index (χ2v) is 13.3. The van der Waals surface area contributed by atoms with Crippen molar-refractivity contribution in [3.63, 3.8) is 0 Å². The summed E-state index contributed by atoms with van der Waals surface area (Å²) >= 11 is 0. The Labute approximate surface area is 261 Å². The average molecular weight is 599 g/mol. The third-order valence-corrected chi connectivity index (χ3v) is 8.16. The molecule has 0 aliphatic carbocycles. The van der Waals surface area contributed by atoms with Gasteiger partial charge in [0.2, 0.25) is 17.6 Å². The molecule has 0 radical (unpaired) electrons. The van der Waals surface area contributed by atoms with Crippen molar-refractivity contribution >= 4 is 17.8 Å². The van der Waals surface area contributed by atoms with Crippen molar-refractivity contribution in [2.75, 3.05) is 0 Å². The molecule has 44 heavy (non-hydrogen) atoms. The van der Waals surface area contributed by atoms with E-state index in [1.54, 1.807) is 13.8 Å². The molecule has 7 nitrogen and oxygen atoms in total. The lowest BCUT2D eigenvalue weighted by molar-refractivity contribution is -0.162. The first kappa shape index (κ1) is 32.9. The maximum Gasteiger partial charge on any atom is 0.338 e. The largest absolute Gasteiger partial charge is 0.432 e. The Morgan fingerprint density at radius 1 is 0.886 bits per heavy atom. The average Bonchev–Trinajstić information content (AvgIpc) is 3.25. The van der Waals surface area contributed by atoms with Gasteiger partial charge >= 0.3 is 5.97 Å². The van der Waals surface area contributed by atoms with Gasteiger partial charge in [0.15, 0.2) is 6.10 Å². The zero-order chi connectivity index (χ0) is 32.1. The highest BCUT2D eigenvalue weighted by atomic mass is 16.8. The van der Waals surface area contributed by atoms with Crippen molar-refractivity contribution < 1.29 is 23.9 Å². The summed E-state index contributed by atoms with van der Waals surface area (Å²) in [5.74, 6) is -3.20. The third-order valence-electron chi connectivity index (χ3n) is 8.16. The van der Waals surface area contributed by atoms with Crippen LogP contribution >= 0.6 is 0 Å². The molecule has 0 bridgehead atoms. The normalized spacial score (nSPS) is 18.2. The molecule has 1 heterocycles. The van der Waals surface area contributed by atoms with Crippen LogP contribution in [0, 0.1) is 18.3 Å². The van der Waals surface area contributed by atoms with Crippen molar-refractivity contribution in [1.29, 1.82) is 0 Å². The maximum atomic E-state index is 13.9. The summed E-state index contributed by atoms with van der Waals surface area (Å²) in [5.41, 5.74) is 5.09. The molecule has 0 spiro atoms. The molecule has 4 atom stereocenters.